The lowest BCUT2D eigenvalue weighted by Crippen LogP contribution is -2.08. The Morgan fingerprint density at radius 2 is 2.54 bits per heavy atom. The summed E-state index contributed by atoms with van der Waals surface area (Å²) >= 11 is 0. The van der Waals surface area contributed by atoms with E-state index < -0.39 is 0 Å². The number of aliphatic hydroxyl groups excluding tert-OH is 1. The molecule has 1 N–H and O–H groups in total. The standard InChI is InChI=1S/C8H15N2O2P/c1-3-12-13-10-5-4-9-8(10)6-7(2)11/h4-5,7,11,13H,3,6H2,1-2H3/t7-/m0/s1. The van der Waals surface area contributed by atoms with E-state index in [-0.39, 0.29) is 15.1 Å². The molecule has 0 aliphatic carbocycles. The summed E-state index contributed by atoms with van der Waals surface area (Å²) in [7, 11) is 0.270. The van der Waals surface area contributed by atoms with E-state index in [4.69, 9.17) is 4.52 Å². The zero-order valence-corrected chi connectivity index (χ0v) is 8.90. The first-order valence-electron chi connectivity index (χ1n) is 4.32. The maximum absolute atomic E-state index is 9.18. The molecular formula is C8H15N2O2P. The summed E-state index contributed by atoms with van der Waals surface area (Å²) in [5.74, 6) is 0.877. The number of hydrogen-bond acceptors (Lipinski definition) is 3. The minimum atomic E-state index is -0.354. The number of nitrogens with zero attached hydrogens (tertiary/aromatic N) is 2. The summed E-state index contributed by atoms with van der Waals surface area (Å²) in [5.41, 5.74) is 0. The molecule has 0 saturated carbocycles. The van der Waals surface area contributed by atoms with E-state index in [0.717, 1.165) is 5.82 Å². The van der Waals surface area contributed by atoms with Gasteiger partial charge in [0.15, 0.2) is 0 Å². The molecule has 1 rings (SSSR count). The number of rotatable bonds is 5. The van der Waals surface area contributed by atoms with Crippen molar-refractivity contribution in [3.05, 3.63) is 18.2 Å². The smallest absolute Gasteiger partial charge is 0.122 e. The topological polar surface area (TPSA) is 47.3 Å². The summed E-state index contributed by atoms with van der Waals surface area (Å²) in [6, 6.07) is 0. The highest BCUT2D eigenvalue weighted by Gasteiger charge is 2.05. The van der Waals surface area contributed by atoms with Crippen LogP contribution in [0.1, 0.15) is 19.7 Å². The lowest BCUT2D eigenvalue weighted by Gasteiger charge is -2.07. The van der Waals surface area contributed by atoms with Crippen LogP contribution in [-0.4, -0.2) is 27.1 Å². The van der Waals surface area contributed by atoms with Gasteiger partial charge in [-0.3, -0.25) is 4.34 Å². The molecule has 0 aliphatic heterocycles. The Morgan fingerprint density at radius 1 is 1.77 bits per heavy atom. The lowest BCUT2D eigenvalue weighted by atomic mass is 10.3. The van der Waals surface area contributed by atoms with E-state index in [1.165, 1.54) is 0 Å². The Hall–Kier alpha value is -0.440. The van der Waals surface area contributed by atoms with E-state index >= 15 is 0 Å². The molecule has 0 aromatic carbocycles. The monoisotopic (exact) mass is 202 g/mol. The molecule has 0 amide bonds. The summed E-state index contributed by atoms with van der Waals surface area (Å²) in [6.45, 7) is 4.41. The predicted molar refractivity (Wildman–Crippen MR) is 53.0 cm³/mol. The average molecular weight is 202 g/mol. The van der Waals surface area contributed by atoms with E-state index in [1.54, 1.807) is 13.1 Å². The van der Waals surface area contributed by atoms with Gasteiger partial charge in [-0.2, -0.15) is 0 Å². The van der Waals surface area contributed by atoms with Gasteiger partial charge < -0.3 is 9.63 Å². The van der Waals surface area contributed by atoms with Crippen LogP contribution < -0.4 is 0 Å². The third-order valence-electron chi connectivity index (χ3n) is 1.50. The largest absolute Gasteiger partial charge is 0.393 e. The normalized spacial score (nSPS) is 14.1. The Morgan fingerprint density at radius 3 is 3.15 bits per heavy atom. The van der Waals surface area contributed by atoms with Crippen molar-refractivity contribution in [2.24, 2.45) is 0 Å². The van der Waals surface area contributed by atoms with E-state index in [2.05, 4.69) is 4.98 Å². The molecule has 0 radical (unpaired) electrons. The van der Waals surface area contributed by atoms with Crippen LogP contribution in [-0.2, 0) is 10.9 Å². The zero-order valence-electron chi connectivity index (χ0n) is 7.90. The van der Waals surface area contributed by atoms with Crippen molar-refractivity contribution in [3.63, 3.8) is 0 Å². The van der Waals surface area contributed by atoms with Gasteiger partial charge in [-0.1, -0.05) is 0 Å². The van der Waals surface area contributed by atoms with Crippen molar-refractivity contribution < 1.29 is 9.63 Å². The second kappa shape index (κ2) is 5.32. The highest BCUT2D eigenvalue weighted by molar-refractivity contribution is 7.30. The van der Waals surface area contributed by atoms with Crippen LogP contribution in [0.15, 0.2) is 12.4 Å². The minimum absolute atomic E-state index is 0.270. The zero-order chi connectivity index (χ0) is 9.68. The van der Waals surface area contributed by atoms with Gasteiger partial charge in [-0.05, 0) is 13.8 Å². The molecule has 0 spiro atoms. The molecule has 0 saturated heterocycles. The second-order valence-electron chi connectivity index (χ2n) is 2.79. The summed E-state index contributed by atoms with van der Waals surface area (Å²) < 4.78 is 7.20. The number of imidazole rings is 1. The molecule has 74 valence electrons. The van der Waals surface area contributed by atoms with Gasteiger partial charge in [-0.15, -0.1) is 0 Å². The Bertz CT molecular complexity index is 250. The van der Waals surface area contributed by atoms with Crippen LogP contribution in [0, 0.1) is 0 Å². The van der Waals surface area contributed by atoms with Crippen molar-refractivity contribution in [2.75, 3.05) is 6.61 Å². The number of aliphatic hydroxyl groups is 1. The van der Waals surface area contributed by atoms with Gasteiger partial charge in [-0.25, -0.2) is 4.98 Å². The Balaban J connectivity index is 2.55. The van der Waals surface area contributed by atoms with Gasteiger partial charge in [0.25, 0.3) is 0 Å². The minimum Gasteiger partial charge on any atom is -0.393 e. The lowest BCUT2D eigenvalue weighted by molar-refractivity contribution is 0.192. The second-order valence-corrected chi connectivity index (χ2v) is 3.74. The maximum Gasteiger partial charge on any atom is 0.122 e. The molecule has 5 heteroatoms. The third kappa shape index (κ3) is 3.43. The Kier molecular flexibility index (Phi) is 4.36. The molecule has 13 heavy (non-hydrogen) atoms. The van der Waals surface area contributed by atoms with Crippen LogP contribution in [0.4, 0.5) is 0 Å². The van der Waals surface area contributed by atoms with Crippen LogP contribution in [0.2, 0.25) is 0 Å². The van der Waals surface area contributed by atoms with Crippen molar-refractivity contribution >= 4 is 8.96 Å². The van der Waals surface area contributed by atoms with Gasteiger partial charge >= 0.3 is 0 Å². The van der Waals surface area contributed by atoms with E-state index in [9.17, 15) is 5.11 Å². The molecule has 1 heterocycles. The van der Waals surface area contributed by atoms with Crippen molar-refractivity contribution in [1.29, 1.82) is 0 Å². The molecule has 0 fully saturated rings. The first kappa shape index (κ1) is 10.6. The maximum atomic E-state index is 9.18. The fraction of sp³-hybridized carbons (Fsp3) is 0.625. The van der Waals surface area contributed by atoms with Crippen molar-refractivity contribution in [2.45, 2.75) is 26.4 Å². The SMILES string of the molecule is CCOPn1ccnc1C[C@H](C)O. The van der Waals surface area contributed by atoms with E-state index in [0.29, 0.717) is 13.0 Å². The van der Waals surface area contributed by atoms with Gasteiger partial charge in [0.1, 0.15) is 14.8 Å². The molecular weight excluding hydrogens is 187 g/mol. The number of hydrogen-bond donors (Lipinski definition) is 1. The summed E-state index contributed by atoms with van der Waals surface area (Å²) in [6.07, 6.45) is 3.82. The third-order valence-corrected chi connectivity index (χ3v) is 2.52. The molecule has 0 bridgehead atoms. The van der Waals surface area contributed by atoms with Crippen LogP contribution in [0.5, 0.6) is 0 Å². The first-order chi connectivity index (χ1) is 6.24. The van der Waals surface area contributed by atoms with Crippen molar-refractivity contribution in [1.82, 2.24) is 9.32 Å². The molecule has 0 aliphatic rings. The molecule has 1 unspecified atom stereocenters. The van der Waals surface area contributed by atoms with Gasteiger partial charge in [0.2, 0.25) is 0 Å². The number of aromatic nitrogens is 2. The predicted octanol–water partition coefficient (Wildman–Crippen LogP) is 1.20. The molecule has 2 atom stereocenters. The highest BCUT2D eigenvalue weighted by atomic mass is 31.1. The van der Waals surface area contributed by atoms with Gasteiger partial charge in [0, 0.05) is 25.4 Å². The van der Waals surface area contributed by atoms with Crippen LogP contribution in [0.3, 0.4) is 0 Å². The van der Waals surface area contributed by atoms with Gasteiger partial charge in [0.05, 0.1) is 6.10 Å². The average Bonchev–Trinajstić information content (AvgIpc) is 2.48. The Labute approximate surface area is 79.9 Å². The fourth-order valence-corrected chi connectivity index (χ4v) is 1.62. The van der Waals surface area contributed by atoms with Crippen molar-refractivity contribution in [3.8, 4) is 0 Å². The summed E-state index contributed by atoms with van der Waals surface area (Å²) in [4.78, 5) is 4.14. The quantitative estimate of drug-likeness (QED) is 0.730. The summed E-state index contributed by atoms with van der Waals surface area (Å²) in [5, 5.41) is 9.18. The first-order valence-corrected chi connectivity index (χ1v) is 5.17. The molecule has 1 aromatic rings. The molecule has 4 nitrogen and oxygen atoms in total. The van der Waals surface area contributed by atoms with Crippen LogP contribution >= 0.6 is 8.96 Å². The fourth-order valence-electron chi connectivity index (χ4n) is 0.967. The van der Waals surface area contributed by atoms with E-state index in [1.807, 2.05) is 17.5 Å². The highest BCUT2D eigenvalue weighted by Crippen LogP contribution is 2.18. The van der Waals surface area contributed by atoms with Crippen LogP contribution in [0.25, 0.3) is 0 Å². The molecule has 1 aromatic heterocycles.